The second kappa shape index (κ2) is 8.82. The highest BCUT2D eigenvalue weighted by molar-refractivity contribution is 6.01. The van der Waals surface area contributed by atoms with Gasteiger partial charge in [0, 0.05) is 19.0 Å². The summed E-state index contributed by atoms with van der Waals surface area (Å²) in [6, 6.07) is 4.98. The van der Waals surface area contributed by atoms with Crippen molar-refractivity contribution in [3.8, 4) is 0 Å². The highest BCUT2D eigenvalue weighted by Gasteiger charge is 2.33. The van der Waals surface area contributed by atoms with Crippen LogP contribution in [0.1, 0.15) is 52.9 Å². The number of anilines is 2. The zero-order valence-electron chi connectivity index (χ0n) is 17.8. The number of aryl methyl sites for hydroxylation is 1. The lowest BCUT2D eigenvalue weighted by Crippen LogP contribution is -2.25. The fourth-order valence-corrected chi connectivity index (χ4v) is 4.03. The summed E-state index contributed by atoms with van der Waals surface area (Å²) < 4.78 is 16.4. The van der Waals surface area contributed by atoms with Gasteiger partial charge in [0.25, 0.3) is 0 Å². The van der Waals surface area contributed by atoms with Gasteiger partial charge in [-0.15, -0.1) is 0 Å². The Labute approximate surface area is 180 Å². The van der Waals surface area contributed by atoms with Gasteiger partial charge in [-0.2, -0.15) is 0 Å². The summed E-state index contributed by atoms with van der Waals surface area (Å²) in [6.07, 6.45) is 2.77. The van der Waals surface area contributed by atoms with Gasteiger partial charge in [0.05, 0.1) is 23.7 Å². The summed E-state index contributed by atoms with van der Waals surface area (Å²) in [7, 11) is 1.81. The van der Waals surface area contributed by atoms with Gasteiger partial charge in [0.15, 0.2) is 5.78 Å². The molecule has 1 aromatic heterocycles. The van der Waals surface area contributed by atoms with E-state index in [2.05, 4.69) is 10.8 Å². The van der Waals surface area contributed by atoms with Crippen molar-refractivity contribution in [2.75, 3.05) is 18.5 Å². The average molecular weight is 429 g/mol. The first-order chi connectivity index (χ1) is 14.9. The first kappa shape index (κ1) is 21.5. The standard InChI is InChI=1S/C23H28FN3O4/c1-13-6-9-18(17(24)10-13)25-23-20(16-4-3-5-19(30)22(16)27(23)2)21(14-7-8-14)26-31-12-15(29)11-28/h6,9-10,15,25-26,28-29H,3-5,7-8,11-12H2,1-2H3. The largest absolute Gasteiger partial charge is 0.394 e. The number of ketones is 1. The third-order valence-corrected chi connectivity index (χ3v) is 5.73. The second-order valence-electron chi connectivity index (χ2n) is 8.22. The van der Waals surface area contributed by atoms with Crippen molar-refractivity contribution in [1.82, 2.24) is 10.0 Å². The lowest BCUT2D eigenvalue weighted by molar-refractivity contribution is -0.0190. The van der Waals surface area contributed by atoms with E-state index in [1.54, 1.807) is 10.6 Å². The predicted octanol–water partition coefficient (Wildman–Crippen LogP) is 3.11. The number of nitrogens with zero attached hydrogens (tertiary/aromatic N) is 1. The van der Waals surface area contributed by atoms with Crippen molar-refractivity contribution in [2.24, 2.45) is 7.05 Å². The van der Waals surface area contributed by atoms with Gasteiger partial charge < -0.3 is 20.1 Å². The van der Waals surface area contributed by atoms with Crippen LogP contribution in [0, 0.1) is 12.7 Å². The van der Waals surface area contributed by atoms with Gasteiger partial charge in [-0.25, -0.2) is 4.39 Å². The topological polar surface area (TPSA) is 95.8 Å². The van der Waals surface area contributed by atoms with Gasteiger partial charge in [-0.05, 0) is 61.4 Å². The minimum absolute atomic E-state index is 0.0687. The number of aliphatic hydroxyl groups is 2. The van der Waals surface area contributed by atoms with Crippen molar-refractivity contribution in [2.45, 2.75) is 45.1 Å². The molecule has 0 bridgehead atoms. The molecule has 1 heterocycles. The van der Waals surface area contributed by atoms with Crippen LogP contribution in [0.2, 0.25) is 0 Å². The van der Waals surface area contributed by atoms with E-state index in [0.717, 1.165) is 53.6 Å². The Morgan fingerprint density at radius 1 is 1.29 bits per heavy atom. The van der Waals surface area contributed by atoms with E-state index >= 15 is 0 Å². The molecule has 166 valence electrons. The maximum atomic E-state index is 14.6. The molecule has 31 heavy (non-hydrogen) atoms. The number of Topliss-reactive ketones (excluding diaryl/α,β-unsaturated/α-hetero) is 1. The highest BCUT2D eigenvalue weighted by atomic mass is 19.1. The summed E-state index contributed by atoms with van der Waals surface area (Å²) in [5, 5.41) is 21.8. The summed E-state index contributed by atoms with van der Waals surface area (Å²) >= 11 is 0. The number of aliphatic hydroxyl groups excluding tert-OH is 2. The van der Waals surface area contributed by atoms with Crippen LogP contribution < -0.4 is 10.8 Å². The molecular weight excluding hydrogens is 401 g/mol. The molecule has 1 aromatic carbocycles. The molecule has 0 aliphatic heterocycles. The Bertz CT molecular complexity index is 1040. The van der Waals surface area contributed by atoms with Gasteiger partial charge >= 0.3 is 0 Å². The number of nitrogens with one attached hydrogen (secondary N) is 2. The molecule has 0 spiro atoms. The molecule has 2 aromatic rings. The van der Waals surface area contributed by atoms with E-state index in [1.807, 2.05) is 20.0 Å². The molecule has 0 saturated heterocycles. The molecule has 1 saturated carbocycles. The Morgan fingerprint density at radius 3 is 2.74 bits per heavy atom. The number of allylic oxidation sites excluding steroid dienone is 1. The molecular formula is C23H28FN3O4. The zero-order valence-corrected chi connectivity index (χ0v) is 17.8. The van der Waals surface area contributed by atoms with E-state index in [1.165, 1.54) is 6.07 Å². The monoisotopic (exact) mass is 429 g/mol. The number of fused-ring (bicyclic) bond motifs is 1. The summed E-state index contributed by atoms with van der Waals surface area (Å²) in [6.45, 7) is 1.34. The quantitative estimate of drug-likeness (QED) is 0.482. The first-order valence-corrected chi connectivity index (χ1v) is 10.6. The maximum absolute atomic E-state index is 14.6. The molecule has 4 N–H and O–H groups in total. The van der Waals surface area contributed by atoms with Crippen molar-refractivity contribution >= 4 is 23.0 Å². The van der Waals surface area contributed by atoms with Crippen LogP contribution in [0.25, 0.3) is 5.70 Å². The van der Waals surface area contributed by atoms with E-state index in [9.17, 15) is 14.3 Å². The lowest BCUT2D eigenvalue weighted by Gasteiger charge is -2.18. The normalized spacial score (nSPS) is 16.2. The fraction of sp³-hybridized carbons (Fsp3) is 0.435. The summed E-state index contributed by atoms with van der Waals surface area (Å²) in [5.74, 6) is 0.322. The van der Waals surface area contributed by atoms with Gasteiger partial charge in [-0.3, -0.25) is 15.1 Å². The minimum Gasteiger partial charge on any atom is -0.394 e. The van der Waals surface area contributed by atoms with Crippen LogP contribution in [0.3, 0.4) is 0 Å². The SMILES string of the molecule is Cc1ccc(Nc2c(C(NOCC(O)CO)=C3CC3)c3c(n2C)C(=O)CCC3)c(F)c1. The molecule has 8 heteroatoms. The Hall–Kier alpha value is -2.68. The van der Waals surface area contributed by atoms with Crippen LogP contribution in [0.15, 0.2) is 23.8 Å². The van der Waals surface area contributed by atoms with Crippen molar-refractivity contribution in [1.29, 1.82) is 0 Å². The number of benzene rings is 1. The molecule has 1 fully saturated rings. The van der Waals surface area contributed by atoms with Crippen LogP contribution in [-0.2, 0) is 18.3 Å². The van der Waals surface area contributed by atoms with Crippen LogP contribution in [0.5, 0.6) is 0 Å². The van der Waals surface area contributed by atoms with Crippen LogP contribution >= 0.6 is 0 Å². The molecule has 1 atom stereocenters. The third-order valence-electron chi connectivity index (χ3n) is 5.73. The van der Waals surface area contributed by atoms with Crippen molar-refractivity contribution in [3.63, 3.8) is 0 Å². The molecule has 0 radical (unpaired) electrons. The number of rotatable bonds is 8. The Kier molecular flexibility index (Phi) is 6.13. The molecule has 2 aliphatic carbocycles. The molecule has 1 unspecified atom stereocenters. The number of aromatic nitrogens is 1. The van der Waals surface area contributed by atoms with E-state index < -0.39 is 12.7 Å². The fourth-order valence-electron chi connectivity index (χ4n) is 4.03. The Balaban J connectivity index is 1.77. The van der Waals surface area contributed by atoms with Gasteiger partial charge in [-0.1, -0.05) is 6.07 Å². The second-order valence-corrected chi connectivity index (χ2v) is 8.22. The summed E-state index contributed by atoms with van der Waals surface area (Å²) in [4.78, 5) is 18.2. The molecule has 7 nitrogen and oxygen atoms in total. The zero-order chi connectivity index (χ0) is 22.1. The predicted molar refractivity (Wildman–Crippen MR) is 115 cm³/mol. The van der Waals surface area contributed by atoms with Crippen LogP contribution in [-0.4, -0.2) is 39.9 Å². The average Bonchev–Trinajstić information content (AvgIpc) is 3.54. The van der Waals surface area contributed by atoms with E-state index in [-0.39, 0.29) is 18.2 Å². The van der Waals surface area contributed by atoms with E-state index in [0.29, 0.717) is 23.6 Å². The smallest absolute Gasteiger partial charge is 0.179 e. The number of carbonyl (C=O) groups excluding carboxylic acids is 1. The number of hydrogen-bond donors (Lipinski definition) is 4. The maximum Gasteiger partial charge on any atom is 0.179 e. The third kappa shape index (κ3) is 4.37. The van der Waals surface area contributed by atoms with Gasteiger partial charge in [0.2, 0.25) is 0 Å². The summed E-state index contributed by atoms with van der Waals surface area (Å²) in [5.41, 5.74) is 8.32. The first-order valence-electron chi connectivity index (χ1n) is 10.6. The molecule has 2 aliphatic rings. The van der Waals surface area contributed by atoms with Crippen molar-refractivity contribution < 1.29 is 24.2 Å². The number of hydrogen-bond acceptors (Lipinski definition) is 6. The lowest BCUT2D eigenvalue weighted by atomic mass is 9.92. The Morgan fingerprint density at radius 2 is 2.06 bits per heavy atom. The van der Waals surface area contributed by atoms with Gasteiger partial charge in [0.1, 0.15) is 24.3 Å². The highest BCUT2D eigenvalue weighted by Crippen LogP contribution is 2.43. The number of hydroxylamine groups is 1. The number of carbonyl (C=O) groups is 1. The minimum atomic E-state index is -0.997. The molecule has 4 rings (SSSR count). The van der Waals surface area contributed by atoms with Crippen LogP contribution in [0.4, 0.5) is 15.9 Å². The van der Waals surface area contributed by atoms with Crippen molar-refractivity contribution in [3.05, 3.63) is 52.0 Å². The molecule has 0 amide bonds. The van der Waals surface area contributed by atoms with E-state index in [4.69, 9.17) is 9.94 Å². The number of halogens is 1.